The van der Waals surface area contributed by atoms with Gasteiger partial charge < -0.3 is 14.5 Å². The summed E-state index contributed by atoms with van der Waals surface area (Å²) in [5.74, 6) is 0.433. The molecule has 0 N–H and O–H groups in total. The zero-order chi connectivity index (χ0) is 25.4. The molecular formula is C31H33N3O3. The minimum Gasteiger partial charge on any atom is -0.497 e. The van der Waals surface area contributed by atoms with Crippen LogP contribution in [0.4, 0.5) is 0 Å². The lowest BCUT2D eigenvalue weighted by atomic mass is 9.78. The number of ether oxygens (including phenoxy) is 1. The van der Waals surface area contributed by atoms with Gasteiger partial charge in [0.05, 0.1) is 19.1 Å². The quantitative estimate of drug-likeness (QED) is 0.506. The van der Waals surface area contributed by atoms with Crippen LogP contribution in [0.1, 0.15) is 51.8 Å². The Morgan fingerprint density at radius 1 is 0.892 bits per heavy atom. The summed E-state index contributed by atoms with van der Waals surface area (Å²) < 4.78 is 5.52. The van der Waals surface area contributed by atoms with Crippen LogP contribution in [-0.2, 0) is 11.3 Å². The molecule has 0 unspecified atom stereocenters. The van der Waals surface area contributed by atoms with Crippen molar-refractivity contribution in [3.05, 3.63) is 101 Å². The van der Waals surface area contributed by atoms with Crippen LogP contribution in [0.5, 0.6) is 5.75 Å². The molecule has 0 aromatic heterocycles. The third kappa shape index (κ3) is 4.62. The van der Waals surface area contributed by atoms with Gasteiger partial charge in [-0.25, -0.2) is 0 Å². The topological polar surface area (TPSA) is 53.1 Å². The molecule has 37 heavy (non-hydrogen) atoms. The smallest absolute Gasteiger partial charge is 0.254 e. The van der Waals surface area contributed by atoms with E-state index in [1.165, 1.54) is 5.56 Å². The zero-order valence-corrected chi connectivity index (χ0v) is 21.3. The first-order valence-electron chi connectivity index (χ1n) is 13.2. The summed E-state index contributed by atoms with van der Waals surface area (Å²) in [6.45, 7) is 3.94. The van der Waals surface area contributed by atoms with Gasteiger partial charge in [0.1, 0.15) is 5.75 Å². The predicted octanol–water partition coefficient (Wildman–Crippen LogP) is 4.48. The van der Waals surface area contributed by atoms with E-state index in [1.54, 1.807) is 7.11 Å². The number of methoxy groups -OCH3 is 1. The van der Waals surface area contributed by atoms with Crippen molar-refractivity contribution < 1.29 is 14.3 Å². The minimum atomic E-state index is -0.442. The molecule has 190 valence electrons. The molecule has 1 aliphatic carbocycles. The lowest BCUT2D eigenvalue weighted by Crippen LogP contribution is -2.53. The van der Waals surface area contributed by atoms with Gasteiger partial charge in [0.15, 0.2) is 0 Å². The molecule has 3 aromatic carbocycles. The molecule has 6 heteroatoms. The van der Waals surface area contributed by atoms with Crippen LogP contribution in [0.2, 0.25) is 0 Å². The van der Waals surface area contributed by atoms with Crippen molar-refractivity contribution in [2.75, 3.05) is 33.3 Å². The van der Waals surface area contributed by atoms with E-state index in [2.05, 4.69) is 29.2 Å². The third-order valence-corrected chi connectivity index (χ3v) is 7.95. The molecule has 0 bridgehead atoms. The highest BCUT2D eigenvalue weighted by Crippen LogP contribution is 2.48. The van der Waals surface area contributed by atoms with E-state index < -0.39 is 5.92 Å². The highest BCUT2D eigenvalue weighted by molar-refractivity contribution is 6.01. The number of piperazine rings is 1. The maximum Gasteiger partial charge on any atom is 0.254 e. The van der Waals surface area contributed by atoms with Crippen molar-refractivity contribution >= 4 is 11.8 Å². The lowest BCUT2D eigenvalue weighted by molar-refractivity contribution is -0.136. The van der Waals surface area contributed by atoms with Crippen molar-refractivity contribution in [1.29, 1.82) is 0 Å². The van der Waals surface area contributed by atoms with Crippen molar-refractivity contribution in [1.82, 2.24) is 14.7 Å². The van der Waals surface area contributed by atoms with E-state index in [-0.39, 0.29) is 23.9 Å². The van der Waals surface area contributed by atoms with Crippen LogP contribution in [-0.4, -0.2) is 65.8 Å². The Morgan fingerprint density at radius 2 is 1.62 bits per heavy atom. The SMILES string of the molecule is COc1cccc([C@H]2[C@H](C(=O)N3CCN(Cc4ccccc4)CC3)c3ccccc3C(=O)N2C2CC2)c1. The maximum absolute atomic E-state index is 14.4. The molecule has 2 amide bonds. The van der Waals surface area contributed by atoms with Crippen LogP contribution < -0.4 is 4.74 Å². The molecule has 0 radical (unpaired) electrons. The molecule has 2 atom stereocenters. The number of rotatable bonds is 6. The van der Waals surface area contributed by atoms with E-state index >= 15 is 0 Å². The van der Waals surface area contributed by atoms with Crippen LogP contribution in [0, 0.1) is 0 Å². The van der Waals surface area contributed by atoms with E-state index in [0.29, 0.717) is 18.7 Å². The number of hydrogen-bond acceptors (Lipinski definition) is 4. The van der Waals surface area contributed by atoms with Crippen molar-refractivity contribution in [3.8, 4) is 5.75 Å². The minimum absolute atomic E-state index is 0.0302. The molecular weight excluding hydrogens is 462 g/mol. The highest BCUT2D eigenvalue weighted by Gasteiger charge is 2.50. The number of carbonyl (C=O) groups excluding carboxylic acids is 2. The number of carbonyl (C=O) groups is 2. The molecule has 2 fully saturated rings. The average molecular weight is 496 g/mol. The number of fused-ring (bicyclic) bond motifs is 1. The van der Waals surface area contributed by atoms with Gasteiger partial charge in [0.25, 0.3) is 5.91 Å². The predicted molar refractivity (Wildman–Crippen MR) is 142 cm³/mol. The largest absolute Gasteiger partial charge is 0.497 e. The molecule has 0 spiro atoms. The number of benzene rings is 3. The number of amides is 2. The summed E-state index contributed by atoms with van der Waals surface area (Å²) in [4.78, 5) is 34.5. The first kappa shape index (κ1) is 23.7. The summed E-state index contributed by atoms with van der Waals surface area (Å²) in [5.41, 5.74) is 3.75. The maximum atomic E-state index is 14.4. The molecule has 3 aliphatic rings. The standard InChI is InChI=1S/C31H33N3O3/c1-37-25-11-7-10-23(20-25)29-28(26-12-5-6-13-27(26)30(35)34(29)24-14-15-24)31(36)33-18-16-32(17-19-33)21-22-8-3-2-4-9-22/h2-13,20,24,28-29H,14-19,21H2,1H3/t28-,29+/m1/s1. The Bertz CT molecular complexity index is 1280. The molecule has 1 saturated heterocycles. The van der Waals surface area contributed by atoms with Crippen LogP contribution >= 0.6 is 0 Å². The van der Waals surface area contributed by atoms with Gasteiger partial charge in [0, 0.05) is 44.3 Å². The van der Waals surface area contributed by atoms with Crippen LogP contribution in [0.3, 0.4) is 0 Å². The van der Waals surface area contributed by atoms with E-state index in [9.17, 15) is 9.59 Å². The molecule has 2 heterocycles. The zero-order valence-electron chi connectivity index (χ0n) is 21.3. The van der Waals surface area contributed by atoms with Gasteiger partial charge in [0.2, 0.25) is 5.91 Å². The Labute approximate surface area is 218 Å². The first-order chi connectivity index (χ1) is 18.1. The molecule has 1 saturated carbocycles. The third-order valence-electron chi connectivity index (χ3n) is 7.95. The summed E-state index contributed by atoms with van der Waals surface area (Å²) in [6, 6.07) is 25.9. The second-order valence-electron chi connectivity index (χ2n) is 10.3. The Hall–Kier alpha value is -3.64. The monoisotopic (exact) mass is 495 g/mol. The summed E-state index contributed by atoms with van der Waals surface area (Å²) in [5, 5.41) is 0. The highest BCUT2D eigenvalue weighted by atomic mass is 16.5. The van der Waals surface area contributed by atoms with Crippen molar-refractivity contribution in [2.45, 2.75) is 37.4 Å². The van der Waals surface area contributed by atoms with Gasteiger partial charge in [-0.1, -0.05) is 60.7 Å². The van der Waals surface area contributed by atoms with E-state index in [0.717, 1.165) is 49.4 Å². The normalized spacial score (nSPS) is 22.0. The van der Waals surface area contributed by atoms with E-state index in [1.807, 2.05) is 64.4 Å². The second-order valence-corrected chi connectivity index (χ2v) is 10.3. The fraction of sp³-hybridized carbons (Fsp3) is 0.355. The summed E-state index contributed by atoms with van der Waals surface area (Å²) in [6.07, 6.45) is 1.96. The van der Waals surface area contributed by atoms with Crippen LogP contribution in [0.15, 0.2) is 78.9 Å². The van der Waals surface area contributed by atoms with E-state index in [4.69, 9.17) is 4.74 Å². The van der Waals surface area contributed by atoms with Crippen LogP contribution in [0.25, 0.3) is 0 Å². The number of nitrogens with zero attached hydrogens (tertiary/aromatic N) is 3. The Balaban J connectivity index is 1.32. The fourth-order valence-corrected chi connectivity index (χ4v) is 5.92. The first-order valence-corrected chi connectivity index (χ1v) is 13.2. The number of hydrogen-bond donors (Lipinski definition) is 0. The summed E-state index contributed by atoms with van der Waals surface area (Å²) in [7, 11) is 1.65. The molecule has 2 aliphatic heterocycles. The molecule has 6 nitrogen and oxygen atoms in total. The van der Waals surface area contributed by atoms with Gasteiger partial charge in [-0.15, -0.1) is 0 Å². The van der Waals surface area contributed by atoms with Crippen molar-refractivity contribution in [3.63, 3.8) is 0 Å². The average Bonchev–Trinajstić information content (AvgIpc) is 3.79. The Morgan fingerprint density at radius 3 is 2.35 bits per heavy atom. The molecule has 6 rings (SSSR count). The van der Waals surface area contributed by atoms with Gasteiger partial charge in [-0.3, -0.25) is 14.5 Å². The van der Waals surface area contributed by atoms with Gasteiger partial charge in [-0.05, 0) is 47.7 Å². The van der Waals surface area contributed by atoms with Crippen molar-refractivity contribution in [2.24, 2.45) is 0 Å². The molecule has 3 aromatic rings. The second kappa shape index (κ2) is 10.0. The van der Waals surface area contributed by atoms with Gasteiger partial charge in [-0.2, -0.15) is 0 Å². The summed E-state index contributed by atoms with van der Waals surface area (Å²) >= 11 is 0. The lowest BCUT2D eigenvalue weighted by Gasteiger charge is -2.45. The Kier molecular flexibility index (Phi) is 6.43. The van der Waals surface area contributed by atoms with Gasteiger partial charge >= 0.3 is 0 Å². The fourth-order valence-electron chi connectivity index (χ4n) is 5.92.